The van der Waals surface area contributed by atoms with Gasteiger partial charge in [-0.05, 0) is 43.4 Å². The van der Waals surface area contributed by atoms with E-state index in [-0.39, 0.29) is 23.9 Å². The zero-order chi connectivity index (χ0) is 20.8. The fraction of sp³-hybridized carbons (Fsp3) is 0.263. The molecule has 4 rings (SSSR count). The number of para-hydroxylation sites is 1. The van der Waals surface area contributed by atoms with Gasteiger partial charge < -0.3 is 9.94 Å². The van der Waals surface area contributed by atoms with Crippen LogP contribution in [0.2, 0.25) is 0 Å². The van der Waals surface area contributed by atoms with Crippen molar-refractivity contribution in [2.24, 2.45) is 0 Å². The molecule has 152 valence electrons. The van der Waals surface area contributed by atoms with E-state index in [1.165, 1.54) is 11.3 Å². The summed E-state index contributed by atoms with van der Waals surface area (Å²) in [5.41, 5.74) is -0.232. The van der Waals surface area contributed by atoms with Gasteiger partial charge in [0.2, 0.25) is 0 Å². The van der Waals surface area contributed by atoms with Crippen LogP contribution in [0.3, 0.4) is 0 Å². The van der Waals surface area contributed by atoms with Crippen LogP contribution in [0, 0.1) is 5.21 Å². The maximum atomic E-state index is 13.6. The van der Waals surface area contributed by atoms with Crippen LogP contribution in [0.15, 0.2) is 48.5 Å². The molecule has 0 bridgehead atoms. The summed E-state index contributed by atoms with van der Waals surface area (Å²) < 4.78 is 43.4. The van der Waals surface area contributed by atoms with Gasteiger partial charge in [-0.3, -0.25) is 4.65 Å². The van der Waals surface area contributed by atoms with Crippen LogP contribution in [-0.4, -0.2) is 42.3 Å². The van der Waals surface area contributed by atoms with E-state index in [0.29, 0.717) is 5.52 Å². The van der Waals surface area contributed by atoms with Gasteiger partial charge in [-0.1, -0.05) is 23.5 Å². The third-order valence-corrected chi connectivity index (χ3v) is 5.83. The third kappa shape index (κ3) is 3.71. The summed E-state index contributed by atoms with van der Waals surface area (Å²) in [7, 11) is 1.73. The number of aromatic nitrogens is 1. The number of benzene rings is 2. The van der Waals surface area contributed by atoms with Crippen LogP contribution < -0.4 is 4.65 Å². The van der Waals surface area contributed by atoms with Crippen molar-refractivity contribution >= 4 is 32.7 Å². The van der Waals surface area contributed by atoms with E-state index in [1.807, 2.05) is 18.2 Å². The number of rotatable bonds is 3. The molecule has 1 saturated heterocycles. The lowest BCUT2D eigenvalue weighted by Crippen LogP contribution is -2.50. The molecule has 1 fully saturated rings. The minimum absolute atomic E-state index is 0.0464. The summed E-state index contributed by atoms with van der Waals surface area (Å²) in [5.74, 6) is -0.849. The maximum absolute atomic E-state index is 13.6. The van der Waals surface area contributed by atoms with E-state index in [1.54, 1.807) is 18.0 Å². The van der Waals surface area contributed by atoms with Gasteiger partial charge in [-0.15, -0.1) is 0 Å². The molecule has 2 aromatic carbocycles. The van der Waals surface area contributed by atoms with Crippen molar-refractivity contribution in [3.8, 4) is 0 Å². The van der Waals surface area contributed by atoms with Gasteiger partial charge in [0.15, 0.2) is 0 Å². The quantitative estimate of drug-likeness (QED) is 0.359. The summed E-state index contributed by atoms with van der Waals surface area (Å²) in [4.78, 5) is 18.6. The standard InChI is InChI=1S/C19H16F3N3O3S/c1-24-10-16(28-17(26)12-6-8-13(9-7-12)19(20,21)22)25(27,11-24)18-23-14-4-2-3-5-15(14)29-18/h2-9,16H,10-11H2,1H3. The number of hydrogen-bond donors (Lipinski definition) is 0. The van der Waals surface area contributed by atoms with Gasteiger partial charge in [-0.2, -0.15) is 18.2 Å². The highest BCUT2D eigenvalue weighted by atomic mass is 32.1. The van der Waals surface area contributed by atoms with Crippen LogP contribution in [-0.2, 0) is 10.9 Å². The van der Waals surface area contributed by atoms with E-state index in [9.17, 15) is 23.2 Å². The Kier molecular flexibility index (Phi) is 4.82. The number of thiazole rings is 1. The molecule has 1 aliphatic heterocycles. The molecule has 2 atom stereocenters. The molecule has 0 N–H and O–H groups in total. The SMILES string of the molecule is CN1CC(OC(=O)c2ccc(C(F)(F)F)cc2)[N+]([O-])(c2nc3ccccc3s2)C1. The summed E-state index contributed by atoms with van der Waals surface area (Å²) in [6.07, 6.45) is -5.57. The lowest BCUT2D eigenvalue weighted by Gasteiger charge is -2.38. The lowest BCUT2D eigenvalue weighted by atomic mass is 10.1. The molecule has 1 aliphatic rings. The Morgan fingerprint density at radius 2 is 1.93 bits per heavy atom. The monoisotopic (exact) mass is 423 g/mol. The number of esters is 1. The van der Waals surface area contributed by atoms with E-state index < -0.39 is 28.6 Å². The molecule has 0 spiro atoms. The number of nitrogens with zero attached hydrogens (tertiary/aromatic N) is 3. The first-order valence-corrected chi connectivity index (χ1v) is 9.50. The average Bonchev–Trinajstić information content (AvgIpc) is 3.23. The Morgan fingerprint density at radius 3 is 2.59 bits per heavy atom. The number of carbonyl (C=O) groups is 1. The lowest BCUT2D eigenvalue weighted by molar-refractivity contribution is -0.137. The van der Waals surface area contributed by atoms with Gasteiger partial charge in [-0.25, -0.2) is 9.69 Å². The Bertz CT molecular complexity index is 1020. The van der Waals surface area contributed by atoms with Crippen molar-refractivity contribution in [3.05, 3.63) is 64.9 Å². The summed E-state index contributed by atoms with van der Waals surface area (Å²) >= 11 is 1.23. The van der Waals surface area contributed by atoms with Crippen molar-refractivity contribution in [3.63, 3.8) is 0 Å². The summed E-state index contributed by atoms with van der Waals surface area (Å²) in [6.45, 7) is 0.233. The molecular formula is C19H16F3N3O3S. The highest BCUT2D eigenvalue weighted by Gasteiger charge is 2.45. The molecule has 2 heterocycles. The molecule has 0 amide bonds. The minimum Gasteiger partial charge on any atom is -0.622 e. The number of hydroxylamine groups is 2. The topological polar surface area (TPSA) is 65.5 Å². The normalized spacial score (nSPS) is 22.9. The van der Waals surface area contributed by atoms with Crippen molar-refractivity contribution < 1.29 is 22.7 Å². The van der Waals surface area contributed by atoms with Crippen LogP contribution in [0.4, 0.5) is 18.3 Å². The number of alkyl halides is 3. The summed E-state index contributed by atoms with van der Waals surface area (Å²) in [5, 5.41) is 13.8. The number of hydrogen-bond acceptors (Lipinski definition) is 6. The zero-order valence-electron chi connectivity index (χ0n) is 15.2. The second kappa shape index (κ2) is 7.06. The number of fused-ring (bicyclic) bond motifs is 1. The van der Waals surface area contributed by atoms with E-state index in [4.69, 9.17) is 4.74 Å². The molecule has 0 aliphatic carbocycles. The Balaban J connectivity index is 1.58. The van der Waals surface area contributed by atoms with Crippen LogP contribution in [0.1, 0.15) is 15.9 Å². The molecule has 0 radical (unpaired) electrons. The summed E-state index contributed by atoms with van der Waals surface area (Å²) in [6, 6.07) is 11.0. The van der Waals surface area contributed by atoms with Crippen molar-refractivity contribution in [1.29, 1.82) is 0 Å². The fourth-order valence-electron chi connectivity index (χ4n) is 3.22. The number of carbonyl (C=O) groups excluding carboxylic acids is 1. The first-order chi connectivity index (χ1) is 13.7. The molecule has 3 aromatic rings. The second-order valence-corrected chi connectivity index (χ2v) is 7.88. The van der Waals surface area contributed by atoms with Crippen molar-refractivity contribution in [1.82, 2.24) is 14.5 Å². The molecule has 10 heteroatoms. The molecular weight excluding hydrogens is 407 g/mol. The fourth-order valence-corrected chi connectivity index (χ4v) is 4.26. The molecule has 0 saturated carbocycles. The number of ether oxygens (including phenoxy) is 1. The number of halogens is 3. The highest BCUT2D eigenvalue weighted by Crippen LogP contribution is 2.37. The molecule has 29 heavy (non-hydrogen) atoms. The molecule has 2 unspecified atom stereocenters. The Hall–Kier alpha value is -2.53. The number of quaternary nitrogens is 1. The predicted molar refractivity (Wildman–Crippen MR) is 103 cm³/mol. The van der Waals surface area contributed by atoms with Crippen LogP contribution in [0.5, 0.6) is 0 Å². The molecule has 1 aromatic heterocycles. The van der Waals surface area contributed by atoms with Gasteiger partial charge in [0, 0.05) is 0 Å². The van der Waals surface area contributed by atoms with Gasteiger partial charge in [0.25, 0.3) is 11.4 Å². The third-order valence-electron chi connectivity index (χ3n) is 4.68. The Morgan fingerprint density at radius 1 is 1.24 bits per heavy atom. The average molecular weight is 423 g/mol. The predicted octanol–water partition coefficient (Wildman–Crippen LogP) is 4.21. The highest BCUT2D eigenvalue weighted by molar-refractivity contribution is 7.22. The first kappa shape index (κ1) is 19.8. The second-order valence-electron chi connectivity index (χ2n) is 6.87. The van der Waals surface area contributed by atoms with Gasteiger partial charge in [0.05, 0.1) is 27.9 Å². The maximum Gasteiger partial charge on any atom is 0.416 e. The zero-order valence-corrected chi connectivity index (χ0v) is 16.0. The Labute approximate surface area is 167 Å². The van der Waals surface area contributed by atoms with Crippen molar-refractivity contribution in [2.45, 2.75) is 12.4 Å². The first-order valence-electron chi connectivity index (χ1n) is 8.68. The van der Waals surface area contributed by atoms with E-state index >= 15 is 0 Å². The van der Waals surface area contributed by atoms with Gasteiger partial charge in [0.1, 0.15) is 6.67 Å². The van der Waals surface area contributed by atoms with Crippen LogP contribution in [0.25, 0.3) is 10.2 Å². The largest absolute Gasteiger partial charge is 0.622 e. The minimum atomic E-state index is -4.50. The molecule has 6 nitrogen and oxygen atoms in total. The van der Waals surface area contributed by atoms with Gasteiger partial charge >= 0.3 is 12.1 Å². The smallest absolute Gasteiger partial charge is 0.416 e. The van der Waals surface area contributed by atoms with E-state index in [2.05, 4.69) is 4.98 Å². The van der Waals surface area contributed by atoms with Crippen molar-refractivity contribution in [2.75, 3.05) is 20.3 Å². The number of likely N-dealkylation sites (N-methyl/N-ethyl adjacent to an activating group) is 1. The van der Waals surface area contributed by atoms with E-state index in [0.717, 1.165) is 29.0 Å². The van der Waals surface area contributed by atoms with Crippen LogP contribution >= 0.6 is 11.3 Å².